The van der Waals surface area contributed by atoms with Gasteiger partial charge in [0.15, 0.2) is 0 Å². The fraction of sp³-hybridized carbons (Fsp3) is 0.0625. The second-order valence-electron chi connectivity index (χ2n) is 4.68. The first kappa shape index (κ1) is 13.1. The summed E-state index contributed by atoms with van der Waals surface area (Å²) in [5.41, 5.74) is 1.13. The maximum absolute atomic E-state index is 12.3. The molecule has 3 aromatic rings. The van der Waals surface area contributed by atoms with Gasteiger partial charge in [-0.1, -0.05) is 18.2 Å². The van der Waals surface area contributed by atoms with Gasteiger partial charge in [-0.25, -0.2) is 0 Å². The molecular weight excluding hydrogens is 266 g/mol. The minimum atomic E-state index is -0.436. The molecule has 0 radical (unpaired) electrons. The standard InChI is InChI=1S/C16H13N3O2/c1-19-14-7-3-2-5-11(14)9-13(16(19)21)15(20)18-12-6-4-8-17-10-12/h2-10H,1H3,(H,18,20). The van der Waals surface area contributed by atoms with E-state index in [2.05, 4.69) is 10.3 Å². The summed E-state index contributed by atoms with van der Waals surface area (Å²) >= 11 is 0. The van der Waals surface area contributed by atoms with E-state index in [0.29, 0.717) is 5.69 Å². The van der Waals surface area contributed by atoms with E-state index in [0.717, 1.165) is 10.9 Å². The predicted molar refractivity (Wildman–Crippen MR) is 81.4 cm³/mol. The predicted octanol–water partition coefficient (Wildman–Crippen LogP) is 2.19. The largest absolute Gasteiger partial charge is 0.320 e. The van der Waals surface area contributed by atoms with Crippen LogP contribution in [0.4, 0.5) is 5.69 Å². The van der Waals surface area contributed by atoms with Crippen molar-refractivity contribution in [2.75, 3.05) is 5.32 Å². The highest BCUT2D eigenvalue weighted by Gasteiger charge is 2.14. The number of hydrogen-bond donors (Lipinski definition) is 1. The Hall–Kier alpha value is -2.95. The second-order valence-corrected chi connectivity index (χ2v) is 4.68. The summed E-state index contributed by atoms with van der Waals surface area (Å²) < 4.78 is 1.48. The van der Waals surface area contributed by atoms with Crippen LogP contribution in [0.3, 0.4) is 0 Å². The van der Waals surface area contributed by atoms with Crippen LogP contribution in [-0.2, 0) is 7.05 Å². The molecule has 0 bridgehead atoms. The molecule has 0 aliphatic carbocycles. The zero-order valence-electron chi connectivity index (χ0n) is 11.4. The van der Waals surface area contributed by atoms with Crippen LogP contribution in [0.25, 0.3) is 10.9 Å². The molecule has 0 atom stereocenters. The SMILES string of the molecule is Cn1c(=O)c(C(=O)Nc2cccnc2)cc2ccccc21. The molecule has 0 fully saturated rings. The maximum Gasteiger partial charge on any atom is 0.263 e. The number of carbonyl (C=O) groups is 1. The average molecular weight is 279 g/mol. The summed E-state index contributed by atoms with van der Waals surface area (Å²) in [5.74, 6) is -0.436. The van der Waals surface area contributed by atoms with Crippen molar-refractivity contribution >= 4 is 22.5 Å². The Morgan fingerprint density at radius 2 is 2.00 bits per heavy atom. The molecule has 5 nitrogen and oxygen atoms in total. The molecule has 5 heteroatoms. The number of hydrogen-bond acceptors (Lipinski definition) is 3. The van der Waals surface area contributed by atoms with Gasteiger partial charge in [0.1, 0.15) is 5.56 Å². The highest BCUT2D eigenvalue weighted by Crippen LogP contribution is 2.13. The summed E-state index contributed by atoms with van der Waals surface area (Å²) in [7, 11) is 1.66. The van der Waals surface area contributed by atoms with Crippen LogP contribution in [0.2, 0.25) is 0 Å². The number of amides is 1. The van der Waals surface area contributed by atoms with Crippen LogP contribution in [0.15, 0.2) is 59.7 Å². The van der Waals surface area contributed by atoms with E-state index < -0.39 is 5.91 Å². The Balaban J connectivity index is 2.06. The van der Waals surface area contributed by atoms with Crippen molar-refractivity contribution in [3.8, 4) is 0 Å². The third-order valence-electron chi connectivity index (χ3n) is 3.30. The maximum atomic E-state index is 12.3. The Kier molecular flexibility index (Phi) is 3.23. The quantitative estimate of drug-likeness (QED) is 0.782. The van der Waals surface area contributed by atoms with Crippen molar-refractivity contribution in [3.05, 3.63) is 70.8 Å². The smallest absolute Gasteiger partial charge is 0.263 e. The number of benzene rings is 1. The van der Waals surface area contributed by atoms with E-state index >= 15 is 0 Å². The summed E-state index contributed by atoms with van der Waals surface area (Å²) in [4.78, 5) is 28.5. The lowest BCUT2D eigenvalue weighted by molar-refractivity contribution is 0.102. The number of aryl methyl sites for hydroxylation is 1. The van der Waals surface area contributed by atoms with Crippen LogP contribution in [0.1, 0.15) is 10.4 Å². The van der Waals surface area contributed by atoms with Crippen LogP contribution >= 0.6 is 0 Å². The van der Waals surface area contributed by atoms with Gasteiger partial charge in [-0.2, -0.15) is 0 Å². The first-order valence-corrected chi connectivity index (χ1v) is 6.47. The van der Waals surface area contributed by atoms with E-state index in [-0.39, 0.29) is 11.1 Å². The lowest BCUT2D eigenvalue weighted by Crippen LogP contribution is -2.27. The first-order chi connectivity index (χ1) is 10.2. The topological polar surface area (TPSA) is 64.0 Å². The van der Waals surface area contributed by atoms with E-state index in [1.165, 1.54) is 10.8 Å². The van der Waals surface area contributed by atoms with Crippen molar-refractivity contribution in [2.24, 2.45) is 7.05 Å². The van der Waals surface area contributed by atoms with Gasteiger partial charge in [-0.15, -0.1) is 0 Å². The van der Waals surface area contributed by atoms with Crippen molar-refractivity contribution in [1.82, 2.24) is 9.55 Å². The van der Waals surface area contributed by atoms with Gasteiger partial charge in [0.05, 0.1) is 17.4 Å². The molecule has 1 N–H and O–H groups in total. The molecule has 3 rings (SSSR count). The summed E-state index contributed by atoms with van der Waals surface area (Å²) in [6.45, 7) is 0. The van der Waals surface area contributed by atoms with Gasteiger partial charge in [0.25, 0.3) is 11.5 Å². The Morgan fingerprint density at radius 1 is 1.19 bits per heavy atom. The van der Waals surface area contributed by atoms with E-state index in [1.54, 1.807) is 31.4 Å². The van der Waals surface area contributed by atoms with Crippen molar-refractivity contribution in [2.45, 2.75) is 0 Å². The number of fused-ring (bicyclic) bond motifs is 1. The van der Waals surface area contributed by atoms with Crippen LogP contribution in [0.5, 0.6) is 0 Å². The molecule has 1 amide bonds. The van der Waals surface area contributed by atoms with E-state index in [9.17, 15) is 9.59 Å². The molecule has 1 aromatic carbocycles. The number of nitrogens with zero attached hydrogens (tertiary/aromatic N) is 2. The minimum Gasteiger partial charge on any atom is -0.320 e. The van der Waals surface area contributed by atoms with Crippen LogP contribution in [-0.4, -0.2) is 15.5 Å². The van der Waals surface area contributed by atoms with Crippen LogP contribution in [0, 0.1) is 0 Å². The molecule has 21 heavy (non-hydrogen) atoms. The number of anilines is 1. The molecule has 104 valence electrons. The molecule has 0 aliphatic rings. The van der Waals surface area contributed by atoms with E-state index in [1.807, 2.05) is 24.3 Å². The number of para-hydroxylation sites is 1. The number of carbonyl (C=O) groups excluding carboxylic acids is 1. The zero-order chi connectivity index (χ0) is 14.8. The highest BCUT2D eigenvalue weighted by molar-refractivity contribution is 6.05. The molecular formula is C16H13N3O2. The molecule has 0 aliphatic heterocycles. The van der Waals surface area contributed by atoms with Gasteiger partial charge in [0.2, 0.25) is 0 Å². The molecule has 2 heterocycles. The van der Waals surface area contributed by atoms with Crippen LogP contribution < -0.4 is 10.9 Å². The monoisotopic (exact) mass is 279 g/mol. The van der Waals surface area contributed by atoms with E-state index in [4.69, 9.17) is 0 Å². The minimum absolute atomic E-state index is 0.111. The molecule has 0 unspecified atom stereocenters. The molecule has 2 aromatic heterocycles. The Morgan fingerprint density at radius 3 is 2.76 bits per heavy atom. The third kappa shape index (κ3) is 2.41. The molecule has 0 saturated heterocycles. The third-order valence-corrected chi connectivity index (χ3v) is 3.30. The number of aromatic nitrogens is 2. The van der Waals surface area contributed by atoms with Gasteiger partial charge in [0, 0.05) is 13.2 Å². The molecule has 0 saturated carbocycles. The fourth-order valence-electron chi connectivity index (χ4n) is 2.22. The van der Waals surface area contributed by atoms with Crippen molar-refractivity contribution < 1.29 is 4.79 Å². The first-order valence-electron chi connectivity index (χ1n) is 6.47. The summed E-state index contributed by atoms with van der Waals surface area (Å²) in [5, 5.41) is 3.52. The normalized spacial score (nSPS) is 10.5. The lowest BCUT2D eigenvalue weighted by Gasteiger charge is -2.09. The Labute approximate surface area is 120 Å². The number of pyridine rings is 2. The highest BCUT2D eigenvalue weighted by atomic mass is 16.2. The van der Waals surface area contributed by atoms with Gasteiger partial charge in [-0.3, -0.25) is 14.6 Å². The number of nitrogens with one attached hydrogen (secondary N) is 1. The molecule has 0 spiro atoms. The van der Waals surface area contributed by atoms with Gasteiger partial charge in [-0.05, 0) is 29.7 Å². The second kappa shape index (κ2) is 5.20. The van der Waals surface area contributed by atoms with Gasteiger partial charge < -0.3 is 9.88 Å². The lowest BCUT2D eigenvalue weighted by atomic mass is 10.1. The number of rotatable bonds is 2. The average Bonchev–Trinajstić information content (AvgIpc) is 2.52. The van der Waals surface area contributed by atoms with Gasteiger partial charge >= 0.3 is 0 Å². The fourth-order valence-corrected chi connectivity index (χ4v) is 2.22. The Bertz CT molecular complexity index is 870. The van der Waals surface area contributed by atoms with Crippen molar-refractivity contribution in [3.63, 3.8) is 0 Å². The van der Waals surface area contributed by atoms with Crippen molar-refractivity contribution in [1.29, 1.82) is 0 Å². The summed E-state index contributed by atoms with van der Waals surface area (Å²) in [6, 6.07) is 12.5. The zero-order valence-corrected chi connectivity index (χ0v) is 11.4. The summed E-state index contributed by atoms with van der Waals surface area (Å²) in [6.07, 6.45) is 3.15.